The van der Waals surface area contributed by atoms with Crippen LogP contribution in [0.25, 0.3) is 0 Å². The summed E-state index contributed by atoms with van der Waals surface area (Å²) in [5.74, 6) is 1.80. The van der Waals surface area contributed by atoms with Gasteiger partial charge in [0, 0.05) is 19.6 Å². The van der Waals surface area contributed by atoms with Gasteiger partial charge in [0.1, 0.15) is 5.75 Å². The Kier molecular flexibility index (Phi) is 9.42. The summed E-state index contributed by atoms with van der Waals surface area (Å²) in [6.07, 6.45) is 2.55. The number of hydrogen-bond acceptors (Lipinski definition) is 4. The molecule has 152 valence electrons. The maximum atomic E-state index is 5.31. The van der Waals surface area contributed by atoms with Gasteiger partial charge in [0.05, 0.1) is 19.7 Å². The van der Waals surface area contributed by atoms with Gasteiger partial charge in [-0.05, 0) is 64.1 Å². The molecule has 6 nitrogen and oxygen atoms in total. The Balaban J connectivity index is 2.05. The summed E-state index contributed by atoms with van der Waals surface area (Å²) in [7, 11) is 3.85. The lowest BCUT2D eigenvalue weighted by molar-refractivity contribution is 0.251. The van der Waals surface area contributed by atoms with E-state index in [1.807, 2.05) is 12.1 Å². The molecule has 1 aromatic carbocycles. The number of likely N-dealkylation sites (N-methyl/N-ethyl adjacent to an activating group) is 1. The molecule has 27 heavy (non-hydrogen) atoms. The van der Waals surface area contributed by atoms with Crippen molar-refractivity contribution in [2.45, 2.75) is 32.7 Å². The lowest BCUT2D eigenvalue weighted by Crippen LogP contribution is -2.41. The minimum atomic E-state index is 0.312. The van der Waals surface area contributed by atoms with Crippen molar-refractivity contribution in [1.82, 2.24) is 20.4 Å². The third-order valence-corrected chi connectivity index (χ3v) is 5.17. The largest absolute Gasteiger partial charge is 0.497 e. The number of nitrogens with zero attached hydrogens (tertiary/aromatic N) is 3. The Labute approximate surface area is 165 Å². The van der Waals surface area contributed by atoms with Crippen molar-refractivity contribution in [1.29, 1.82) is 0 Å². The summed E-state index contributed by atoms with van der Waals surface area (Å²) < 4.78 is 5.31. The smallest absolute Gasteiger partial charge is 0.191 e. The van der Waals surface area contributed by atoms with E-state index in [1.165, 1.54) is 18.4 Å². The number of likely N-dealkylation sites (tertiary alicyclic amines) is 1. The van der Waals surface area contributed by atoms with Crippen LogP contribution in [0.15, 0.2) is 29.3 Å². The third-order valence-electron chi connectivity index (χ3n) is 5.17. The van der Waals surface area contributed by atoms with Crippen LogP contribution in [0.5, 0.6) is 5.75 Å². The Bertz CT molecular complexity index is 554. The second-order valence-electron chi connectivity index (χ2n) is 7.07. The minimum absolute atomic E-state index is 0.312. The molecule has 0 bridgehead atoms. The SMILES string of the molecule is CCNC(=NCC(c1ccc(OC)cc1)N1CCCC1)NCCN(C)CC. The molecule has 1 aliphatic heterocycles. The van der Waals surface area contributed by atoms with E-state index in [4.69, 9.17) is 9.73 Å². The molecule has 1 aromatic rings. The first-order chi connectivity index (χ1) is 13.2. The van der Waals surface area contributed by atoms with Crippen molar-refractivity contribution in [3.05, 3.63) is 29.8 Å². The van der Waals surface area contributed by atoms with Crippen molar-refractivity contribution in [2.75, 3.05) is 60.0 Å². The van der Waals surface area contributed by atoms with E-state index in [-0.39, 0.29) is 0 Å². The predicted octanol–water partition coefficient (Wildman–Crippen LogP) is 2.34. The fourth-order valence-electron chi connectivity index (χ4n) is 3.35. The van der Waals surface area contributed by atoms with Gasteiger partial charge in [-0.3, -0.25) is 9.89 Å². The van der Waals surface area contributed by atoms with Crippen LogP contribution < -0.4 is 15.4 Å². The zero-order chi connectivity index (χ0) is 19.5. The van der Waals surface area contributed by atoms with E-state index in [0.29, 0.717) is 6.04 Å². The van der Waals surface area contributed by atoms with Crippen LogP contribution in [-0.4, -0.2) is 75.7 Å². The maximum Gasteiger partial charge on any atom is 0.191 e. The van der Waals surface area contributed by atoms with Gasteiger partial charge >= 0.3 is 0 Å². The van der Waals surface area contributed by atoms with Gasteiger partial charge in [-0.15, -0.1) is 0 Å². The van der Waals surface area contributed by atoms with Crippen LogP contribution in [0.2, 0.25) is 0 Å². The molecule has 2 rings (SSSR count). The summed E-state index contributed by atoms with van der Waals surface area (Å²) in [6.45, 7) is 11.2. The number of guanidine groups is 1. The maximum absolute atomic E-state index is 5.31. The van der Waals surface area contributed by atoms with Crippen molar-refractivity contribution in [3.8, 4) is 5.75 Å². The van der Waals surface area contributed by atoms with Crippen molar-refractivity contribution < 1.29 is 4.74 Å². The highest BCUT2D eigenvalue weighted by Gasteiger charge is 2.23. The Morgan fingerprint density at radius 2 is 1.89 bits per heavy atom. The Morgan fingerprint density at radius 1 is 1.19 bits per heavy atom. The van der Waals surface area contributed by atoms with Gasteiger partial charge in [0.2, 0.25) is 0 Å². The van der Waals surface area contributed by atoms with E-state index in [0.717, 1.165) is 57.5 Å². The van der Waals surface area contributed by atoms with Crippen LogP contribution in [0.3, 0.4) is 0 Å². The molecule has 1 saturated heterocycles. The van der Waals surface area contributed by atoms with Crippen molar-refractivity contribution in [3.63, 3.8) is 0 Å². The second kappa shape index (κ2) is 11.8. The first-order valence-electron chi connectivity index (χ1n) is 10.3. The number of hydrogen-bond donors (Lipinski definition) is 2. The molecule has 1 fully saturated rings. The highest BCUT2D eigenvalue weighted by atomic mass is 16.5. The van der Waals surface area contributed by atoms with E-state index in [9.17, 15) is 0 Å². The van der Waals surface area contributed by atoms with E-state index in [1.54, 1.807) is 7.11 Å². The fourth-order valence-corrected chi connectivity index (χ4v) is 3.35. The topological polar surface area (TPSA) is 52.1 Å². The average molecular weight is 376 g/mol. The first-order valence-corrected chi connectivity index (χ1v) is 10.3. The van der Waals surface area contributed by atoms with E-state index >= 15 is 0 Å². The van der Waals surface area contributed by atoms with Gasteiger partial charge in [-0.1, -0.05) is 19.1 Å². The predicted molar refractivity (Wildman–Crippen MR) is 114 cm³/mol. The standard InChI is InChI=1S/C21H37N5O/c1-5-22-21(23-13-16-25(3)6-2)24-17-20(26-14-7-8-15-26)18-9-11-19(27-4)12-10-18/h9-12,20H,5-8,13-17H2,1-4H3,(H2,22,23,24). The molecular weight excluding hydrogens is 338 g/mol. The third kappa shape index (κ3) is 7.03. The van der Waals surface area contributed by atoms with Crippen molar-refractivity contribution in [2.24, 2.45) is 4.99 Å². The second-order valence-corrected chi connectivity index (χ2v) is 7.07. The normalized spacial score (nSPS) is 16.6. The number of benzene rings is 1. The quantitative estimate of drug-likeness (QED) is 0.486. The molecule has 1 atom stereocenters. The molecule has 2 N–H and O–H groups in total. The zero-order valence-corrected chi connectivity index (χ0v) is 17.5. The molecule has 0 aliphatic carbocycles. The molecule has 0 spiro atoms. The lowest BCUT2D eigenvalue weighted by Gasteiger charge is -2.27. The Hall–Kier alpha value is -1.79. The average Bonchev–Trinajstić information content (AvgIpc) is 3.23. The molecule has 0 aromatic heterocycles. The van der Waals surface area contributed by atoms with Crippen LogP contribution in [-0.2, 0) is 0 Å². The van der Waals surface area contributed by atoms with E-state index in [2.05, 4.69) is 53.5 Å². The molecule has 1 unspecified atom stereocenters. The van der Waals surface area contributed by atoms with E-state index < -0.39 is 0 Å². The number of ether oxygens (including phenoxy) is 1. The highest BCUT2D eigenvalue weighted by molar-refractivity contribution is 5.79. The first kappa shape index (κ1) is 21.5. The number of nitrogens with one attached hydrogen (secondary N) is 2. The number of aliphatic imine (C=N–C) groups is 1. The number of rotatable bonds is 10. The van der Waals surface area contributed by atoms with Gasteiger partial charge < -0.3 is 20.3 Å². The van der Waals surface area contributed by atoms with Crippen LogP contribution in [0.4, 0.5) is 0 Å². The monoisotopic (exact) mass is 375 g/mol. The molecule has 0 saturated carbocycles. The zero-order valence-electron chi connectivity index (χ0n) is 17.5. The molecule has 1 aliphatic rings. The molecule has 0 amide bonds. The minimum Gasteiger partial charge on any atom is -0.497 e. The van der Waals surface area contributed by atoms with Gasteiger partial charge in [0.25, 0.3) is 0 Å². The van der Waals surface area contributed by atoms with Gasteiger partial charge in [0.15, 0.2) is 5.96 Å². The van der Waals surface area contributed by atoms with Gasteiger partial charge in [-0.2, -0.15) is 0 Å². The Morgan fingerprint density at radius 3 is 2.48 bits per heavy atom. The number of methoxy groups -OCH3 is 1. The summed E-state index contributed by atoms with van der Waals surface area (Å²) >= 11 is 0. The molecule has 1 heterocycles. The summed E-state index contributed by atoms with van der Waals surface area (Å²) in [4.78, 5) is 9.75. The summed E-state index contributed by atoms with van der Waals surface area (Å²) in [6, 6.07) is 8.76. The fraction of sp³-hybridized carbons (Fsp3) is 0.667. The molecule has 0 radical (unpaired) electrons. The summed E-state index contributed by atoms with van der Waals surface area (Å²) in [5, 5.41) is 6.83. The van der Waals surface area contributed by atoms with Crippen LogP contribution in [0, 0.1) is 0 Å². The van der Waals surface area contributed by atoms with Gasteiger partial charge in [-0.25, -0.2) is 0 Å². The van der Waals surface area contributed by atoms with Crippen LogP contribution in [0.1, 0.15) is 38.3 Å². The molecular formula is C21H37N5O. The molecule has 6 heteroatoms. The lowest BCUT2D eigenvalue weighted by atomic mass is 10.1. The summed E-state index contributed by atoms with van der Waals surface area (Å²) in [5.41, 5.74) is 1.31. The van der Waals surface area contributed by atoms with Crippen molar-refractivity contribution >= 4 is 5.96 Å². The highest BCUT2D eigenvalue weighted by Crippen LogP contribution is 2.27. The van der Waals surface area contributed by atoms with Crippen LogP contribution >= 0.6 is 0 Å².